The summed E-state index contributed by atoms with van der Waals surface area (Å²) in [5, 5.41) is 8.23. The number of amides is 1. The third-order valence-corrected chi connectivity index (χ3v) is 11.9. The summed E-state index contributed by atoms with van der Waals surface area (Å²) in [5.74, 6) is 1.16. The van der Waals surface area contributed by atoms with Crippen LogP contribution in [-0.2, 0) is 14.4 Å². The molecule has 292 valence electrons. The highest BCUT2D eigenvalue weighted by atomic mass is 16.7. The van der Waals surface area contributed by atoms with Gasteiger partial charge in [-0.25, -0.2) is 19.8 Å². The molecule has 55 heavy (non-hydrogen) atoms. The van der Waals surface area contributed by atoms with Crippen molar-refractivity contribution < 1.29 is 23.9 Å². The van der Waals surface area contributed by atoms with Gasteiger partial charge in [0, 0.05) is 69.9 Å². The first kappa shape index (κ1) is 37.2. The van der Waals surface area contributed by atoms with E-state index in [1.807, 2.05) is 42.5 Å². The van der Waals surface area contributed by atoms with Gasteiger partial charge in [-0.15, -0.1) is 0 Å². The lowest BCUT2D eigenvalue weighted by atomic mass is 9.97. The summed E-state index contributed by atoms with van der Waals surface area (Å²) in [4.78, 5) is 48.6. The molecule has 2 N–H and O–H groups in total. The lowest BCUT2D eigenvalue weighted by Crippen LogP contribution is -2.53. The summed E-state index contributed by atoms with van der Waals surface area (Å²) in [5.41, 5.74) is 3.71. The lowest BCUT2D eigenvalue weighted by Gasteiger charge is -2.43. The van der Waals surface area contributed by atoms with Crippen LogP contribution in [0, 0.1) is 0 Å². The highest BCUT2D eigenvalue weighted by Crippen LogP contribution is 2.41. The number of hydroxylamine groups is 1. The molecule has 1 amide bonds. The van der Waals surface area contributed by atoms with Crippen LogP contribution >= 0.6 is 0 Å². The van der Waals surface area contributed by atoms with E-state index in [1.54, 1.807) is 12.2 Å². The minimum Gasteiger partial charge on any atom is -0.494 e. The molecule has 3 saturated heterocycles. The fourth-order valence-electron chi connectivity index (χ4n) is 8.71. The Morgan fingerprint density at radius 1 is 0.855 bits per heavy atom. The number of methoxy groups -OCH3 is 1. The number of carbonyl (C=O) groups is 2. The van der Waals surface area contributed by atoms with E-state index < -0.39 is 0 Å². The number of hydrogen-bond acceptors (Lipinski definition) is 12. The van der Waals surface area contributed by atoms with Gasteiger partial charge in [-0.2, -0.15) is 0 Å². The van der Waals surface area contributed by atoms with Crippen LogP contribution in [0.5, 0.6) is 5.75 Å². The zero-order valence-electron chi connectivity index (χ0n) is 32.0. The molecule has 0 spiro atoms. The largest absolute Gasteiger partial charge is 0.494 e. The SMILES string of the molecule is C=CC(=O)Nc1cc(Nc2cc(N3OCC[C@@H]3c3cccc(C(=O)OC4CCCCC4)c3)ncn2)c(OC)cc1N1CCC(N2CCN(C3CC3)CC2)CC1. The minimum absolute atomic E-state index is 0.00676. The Kier molecular flexibility index (Phi) is 11.5. The molecule has 2 aliphatic carbocycles. The molecule has 1 atom stereocenters. The molecule has 0 unspecified atom stereocenters. The summed E-state index contributed by atoms with van der Waals surface area (Å²) >= 11 is 0. The van der Waals surface area contributed by atoms with Gasteiger partial charge >= 0.3 is 5.97 Å². The number of esters is 1. The maximum Gasteiger partial charge on any atom is 0.338 e. The maximum atomic E-state index is 13.1. The molecular formula is C42H54N8O5. The number of nitrogens with zero attached hydrogens (tertiary/aromatic N) is 6. The molecule has 3 aromatic rings. The molecule has 13 nitrogen and oxygen atoms in total. The molecule has 0 bridgehead atoms. The number of ether oxygens (including phenoxy) is 2. The van der Waals surface area contributed by atoms with Gasteiger partial charge in [0.15, 0.2) is 5.82 Å². The number of anilines is 5. The lowest BCUT2D eigenvalue weighted by molar-refractivity contribution is -0.111. The Balaban J connectivity index is 0.965. The molecule has 2 aromatic carbocycles. The predicted octanol–water partition coefficient (Wildman–Crippen LogP) is 6.47. The zero-order chi connectivity index (χ0) is 37.7. The molecule has 0 radical (unpaired) electrons. The van der Waals surface area contributed by atoms with Crippen LogP contribution in [0.2, 0.25) is 0 Å². The van der Waals surface area contributed by atoms with Gasteiger partial charge in [-0.05, 0) is 81.2 Å². The van der Waals surface area contributed by atoms with Crippen molar-refractivity contribution in [2.75, 3.05) is 73.6 Å². The molecule has 1 aromatic heterocycles. The average Bonchev–Trinajstić information content (AvgIpc) is 3.97. The van der Waals surface area contributed by atoms with E-state index in [9.17, 15) is 9.59 Å². The smallest absolute Gasteiger partial charge is 0.338 e. The molecule has 13 heteroatoms. The van der Waals surface area contributed by atoms with E-state index in [0.717, 1.165) is 88.4 Å². The summed E-state index contributed by atoms with van der Waals surface area (Å²) in [6.45, 7) is 10.6. The van der Waals surface area contributed by atoms with Crippen molar-refractivity contribution in [3.05, 3.63) is 72.6 Å². The molecule has 3 aliphatic heterocycles. The molecular weight excluding hydrogens is 697 g/mol. The van der Waals surface area contributed by atoms with E-state index >= 15 is 0 Å². The van der Waals surface area contributed by atoms with E-state index in [0.29, 0.717) is 47.0 Å². The van der Waals surface area contributed by atoms with E-state index in [4.69, 9.17) is 14.3 Å². The third kappa shape index (κ3) is 8.74. The highest BCUT2D eigenvalue weighted by molar-refractivity contribution is 6.02. The Morgan fingerprint density at radius 3 is 2.31 bits per heavy atom. The van der Waals surface area contributed by atoms with E-state index in [1.165, 1.54) is 44.8 Å². The van der Waals surface area contributed by atoms with Crippen molar-refractivity contribution >= 4 is 40.6 Å². The van der Waals surface area contributed by atoms with Crippen LogP contribution < -0.4 is 25.3 Å². The van der Waals surface area contributed by atoms with Crippen LogP contribution in [0.15, 0.2) is 61.4 Å². The summed E-state index contributed by atoms with van der Waals surface area (Å²) in [6.07, 6.45) is 13.6. The fraction of sp³-hybridized carbons (Fsp3) is 0.524. The van der Waals surface area contributed by atoms with E-state index in [2.05, 4.69) is 41.9 Å². The molecule has 5 aliphatic rings. The van der Waals surface area contributed by atoms with Gasteiger partial charge in [0.2, 0.25) is 5.91 Å². The van der Waals surface area contributed by atoms with Crippen molar-refractivity contribution in [2.24, 2.45) is 0 Å². The first-order valence-corrected chi connectivity index (χ1v) is 20.2. The summed E-state index contributed by atoms with van der Waals surface area (Å²) < 4.78 is 11.8. The van der Waals surface area contributed by atoms with Gasteiger partial charge in [-0.3, -0.25) is 19.4 Å². The molecule has 4 heterocycles. The number of piperazine rings is 1. The van der Waals surface area contributed by atoms with Crippen LogP contribution in [-0.4, -0.2) is 103 Å². The average molecular weight is 751 g/mol. The van der Waals surface area contributed by atoms with Crippen molar-refractivity contribution in [3.63, 3.8) is 0 Å². The Bertz CT molecular complexity index is 1830. The quantitative estimate of drug-likeness (QED) is 0.156. The monoisotopic (exact) mass is 750 g/mol. The van der Waals surface area contributed by atoms with Crippen molar-refractivity contribution in [1.29, 1.82) is 0 Å². The number of nitrogens with one attached hydrogen (secondary N) is 2. The number of carbonyl (C=O) groups excluding carboxylic acids is 2. The van der Waals surface area contributed by atoms with E-state index in [-0.39, 0.29) is 24.0 Å². The second-order valence-electron chi connectivity index (χ2n) is 15.4. The topological polar surface area (TPSA) is 125 Å². The second kappa shape index (κ2) is 17.0. The van der Waals surface area contributed by atoms with Crippen LogP contribution in [0.4, 0.5) is 28.7 Å². The molecule has 8 rings (SSSR count). The number of benzene rings is 2. The van der Waals surface area contributed by atoms with Crippen molar-refractivity contribution in [1.82, 2.24) is 19.8 Å². The van der Waals surface area contributed by atoms with Crippen molar-refractivity contribution in [3.8, 4) is 5.75 Å². The molecule has 2 saturated carbocycles. The van der Waals surface area contributed by atoms with Crippen LogP contribution in [0.3, 0.4) is 0 Å². The Morgan fingerprint density at radius 2 is 1.60 bits per heavy atom. The third-order valence-electron chi connectivity index (χ3n) is 11.9. The highest BCUT2D eigenvalue weighted by Gasteiger charge is 2.35. The van der Waals surface area contributed by atoms with Gasteiger partial charge in [-0.1, -0.05) is 25.1 Å². The Labute approximate surface area is 324 Å². The van der Waals surface area contributed by atoms with Crippen LogP contribution in [0.25, 0.3) is 0 Å². The van der Waals surface area contributed by atoms with Gasteiger partial charge in [0.1, 0.15) is 24.0 Å². The predicted molar refractivity (Wildman–Crippen MR) is 213 cm³/mol. The number of aromatic nitrogens is 2. The minimum atomic E-state index is -0.284. The van der Waals surface area contributed by atoms with Gasteiger partial charge in [0.25, 0.3) is 0 Å². The summed E-state index contributed by atoms with van der Waals surface area (Å²) in [7, 11) is 1.65. The van der Waals surface area contributed by atoms with Gasteiger partial charge < -0.3 is 25.0 Å². The number of piperidine rings is 1. The first-order chi connectivity index (χ1) is 26.9. The van der Waals surface area contributed by atoms with Gasteiger partial charge in [0.05, 0.1) is 42.4 Å². The summed E-state index contributed by atoms with van der Waals surface area (Å²) in [6, 6.07) is 14.6. The number of hydrogen-bond donors (Lipinski definition) is 2. The standard InChI is InChI=1S/C42H54N8O5/c1-3-41(51)46-34-25-35(38(53-2)26-37(34)49-17-14-32(15-18-49)48-21-19-47(20-22-48)31-12-13-31)45-39-27-40(44-28-43-39)50-36(16-23-54-50)29-8-7-9-30(24-29)42(52)55-33-10-5-4-6-11-33/h3,7-9,24-28,31-33,36H,1,4-6,10-23H2,2H3,(H,46,51)(H,43,44,45)/t36-/m1/s1. The maximum absolute atomic E-state index is 13.1. The fourth-order valence-corrected chi connectivity index (χ4v) is 8.71. The normalized spacial score (nSPS) is 21.7. The van der Waals surface area contributed by atoms with Crippen LogP contribution in [0.1, 0.15) is 86.2 Å². The first-order valence-electron chi connectivity index (χ1n) is 20.2. The molecule has 5 fully saturated rings. The second-order valence-corrected chi connectivity index (χ2v) is 15.4. The van der Waals surface area contributed by atoms with Crippen molar-refractivity contribution in [2.45, 2.75) is 88.4 Å². The number of rotatable bonds is 12. The Hall–Kier alpha value is -4.72. The zero-order valence-corrected chi connectivity index (χ0v) is 32.0.